The van der Waals surface area contributed by atoms with Crippen LogP contribution in [-0.2, 0) is 4.79 Å². The Morgan fingerprint density at radius 1 is 1.19 bits per heavy atom. The Kier molecular flexibility index (Phi) is 4.70. The third-order valence-corrected chi connectivity index (χ3v) is 3.85. The third-order valence-electron chi connectivity index (χ3n) is 3.03. The molecule has 0 unspecified atom stereocenters. The normalized spacial score (nSPS) is 11.4. The Morgan fingerprint density at radius 3 is 2.38 bits per heavy atom. The second-order valence-corrected chi connectivity index (χ2v) is 5.95. The number of carbonyl (C=O) groups is 2. The number of carbonyl (C=O) groups excluding carboxylic acids is 1. The van der Waals surface area contributed by atoms with E-state index in [0.29, 0.717) is 5.56 Å². The van der Waals surface area contributed by atoms with Crippen molar-refractivity contribution in [3.63, 3.8) is 0 Å². The molecule has 0 aliphatic carbocycles. The van der Waals surface area contributed by atoms with E-state index < -0.39 is 5.97 Å². The molecule has 0 saturated heterocycles. The van der Waals surface area contributed by atoms with Gasteiger partial charge in [0.25, 0.3) is 0 Å². The summed E-state index contributed by atoms with van der Waals surface area (Å²) >= 11 is 1.45. The molecule has 4 heteroatoms. The summed E-state index contributed by atoms with van der Waals surface area (Å²) in [6.07, 6.45) is 1.46. The van der Waals surface area contributed by atoms with Crippen molar-refractivity contribution in [1.82, 2.24) is 0 Å². The van der Waals surface area contributed by atoms with E-state index in [1.807, 2.05) is 37.4 Å². The maximum absolute atomic E-state index is 12.3. The van der Waals surface area contributed by atoms with Gasteiger partial charge in [-0.15, -0.1) is 11.3 Å². The zero-order chi connectivity index (χ0) is 15.4. The number of benzene rings is 1. The average Bonchev–Trinajstić information content (AvgIpc) is 2.89. The Balaban J connectivity index is 2.25. The molecule has 1 aromatic heterocycles. The topological polar surface area (TPSA) is 54.4 Å². The Morgan fingerprint density at radius 2 is 1.86 bits per heavy atom. The molecule has 108 valence electrons. The van der Waals surface area contributed by atoms with Gasteiger partial charge < -0.3 is 5.11 Å². The van der Waals surface area contributed by atoms with Crippen LogP contribution < -0.4 is 0 Å². The van der Waals surface area contributed by atoms with Crippen LogP contribution in [-0.4, -0.2) is 16.9 Å². The van der Waals surface area contributed by atoms with Gasteiger partial charge in [0.05, 0.1) is 0 Å². The Bertz CT molecular complexity index is 677. The molecule has 2 aromatic rings. The van der Waals surface area contributed by atoms with Crippen LogP contribution >= 0.6 is 11.3 Å². The molecule has 1 heterocycles. The second kappa shape index (κ2) is 6.50. The van der Waals surface area contributed by atoms with E-state index in [9.17, 15) is 14.7 Å². The monoisotopic (exact) mass is 300 g/mol. The first-order valence-electron chi connectivity index (χ1n) is 6.54. The SMILES string of the molecule is Cc1cc(C)cc(C(=O)CC(=Cc2cccs2)C(=O)O)c1. The van der Waals surface area contributed by atoms with Crippen molar-refractivity contribution < 1.29 is 14.7 Å². The predicted octanol–water partition coefficient (Wildman–Crippen LogP) is 4.11. The quantitative estimate of drug-likeness (QED) is 0.668. The number of carboxylic acid groups (broad SMARTS) is 1. The van der Waals surface area contributed by atoms with Crippen LogP contribution in [0.1, 0.15) is 32.8 Å². The molecule has 0 fully saturated rings. The number of hydrogen-bond donors (Lipinski definition) is 1. The van der Waals surface area contributed by atoms with Crippen LogP contribution in [0.15, 0.2) is 41.3 Å². The number of hydrogen-bond acceptors (Lipinski definition) is 3. The number of carboxylic acids is 1. The zero-order valence-corrected chi connectivity index (χ0v) is 12.7. The smallest absolute Gasteiger partial charge is 0.332 e. The fourth-order valence-corrected chi connectivity index (χ4v) is 2.83. The van der Waals surface area contributed by atoms with Gasteiger partial charge in [0.15, 0.2) is 5.78 Å². The van der Waals surface area contributed by atoms with Crippen molar-refractivity contribution in [3.8, 4) is 0 Å². The van der Waals surface area contributed by atoms with Crippen LogP contribution in [0.3, 0.4) is 0 Å². The van der Waals surface area contributed by atoms with Crippen LogP contribution in [0.4, 0.5) is 0 Å². The maximum Gasteiger partial charge on any atom is 0.332 e. The number of thiophene rings is 1. The van der Waals surface area contributed by atoms with Crippen LogP contribution in [0, 0.1) is 13.8 Å². The molecule has 1 N–H and O–H groups in total. The van der Waals surface area contributed by atoms with E-state index in [1.54, 1.807) is 18.2 Å². The molecule has 0 bridgehead atoms. The molecule has 0 radical (unpaired) electrons. The van der Waals surface area contributed by atoms with Gasteiger partial charge in [-0.05, 0) is 43.5 Å². The average molecular weight is 300 g/mol. The fourth-order valence-electron chi connectivity index (χ4n) is 2.14. The molecule has 3 nitrogen and oxygen atoms in total. The summed E-state index contributed by atoms with van der Waals surface area (Å²) in [6, 6.07) is 9.24. The third kappa shape index (κ3) is 4.13. The number of rotatable bonds is 5. The summed E-state index contributed by atoms with van der Waals surface area (Å²) in [6.45, 7) is 3.84. The van der Waals surface area contributed by atoms with Gasteiger partial charge in [0.1, 0.15) is 0 Å². The first-order valence-corrected chi connectivity index (χ1v) is 7.42. The van der Waals surface area contributed by atoms with E-state index in [1.165, 1.54) is 11.3 Å². The highest BCUT2D eigenvalue weighted by Crippen LogP contribution is 2.18. The van der Waals surface area contributed by atoms with E-state index in [2.05, 4.69) is 0 Å². The zero-order valence-electron chi connectivity index (χ0n) is 11.9. The van der Waals surface area contributed by atoms with Gasteiger partial charge in [0, 0.05) is 22.4 Å². The summed E-state index contributed by atoms with van der Waals surface area (Å²) in [5.41, 5.74) is 2.67. The van der Waals surface area contributed by atoms with Crippen molar-refractivity contribution in [2.75, 3.05) is 0 Å². The number of Topliss-reactive ketones (excluding diaryl/α,β-unsaturated/α-hetero) is 1. The Hall–Kier alpha value is -2.20. The van der Waals surface area contributed by atoms with Crippen LogP contribution in [0.2, 0.25) is 0 Å². The van der Waals surface area contributed by atoms with Crippen molar-refractivity contribution in [2.45, 2.75) is 20.3 Å². The molecule has 0 saturated carbocycles. The van der Waals surface area contributed by atoms with E-state index in [4.69, 9.17) is 0 Å². The minimum atomic E-state index is -1.05. The second-order valence-electron chi connectivity index (χ2n) is 4.97. The summed E-state index contributed by atoms with van der Waals surface area (Å²) in [5, 5.41) is 11.1. The molecule has 1 aromatic carbocycles. The van der Waals surface area contributed by atoms with Gasteiger partial charge in [-0.1, -0.05) is 23.3 Å². The molecule has 0 aliphatic heterocycles. The molecule has 0 spiro atoms. The number of aryl methyl sites for hydroxylation is 2. The lowest BCUT2D eigenvalue weighted by molar-refractivity contribution is -0.132. The van der Waals surface area contributed by atoms with E-state index in [-0.39, 0.29) is 17.8 Å². The lowest BCUT2D eigenvalue weighted by Gasteiger charge is -2.05. The first-order chi connectivity index (χ1) is 9.95. The van der Waals surface area contributed by atoms with Gasteiger partial charge in [0.2, 0.25) is 0 Å². The highest BCUT2D eigenvalue weighted by atomic mass is 32.1. The molecule has 2 rings (SSSR count). The largest absolute Gasteiger partial charge is 0.478 e. The maximum atomic E-state index is 12.3. The summed E-state index contributed by atoms with van der Waals surface area (Å²) in [7, 11) is 0. The highest BCUT2D eigenvalue weighted by Gasteiger charge is 2.15. The van der Waals surface area contributed by atoms with Gasteiger partial charge in [-0.25, -0.2) is 4.79 Å². The van der Waals surface area contributed by atoms with Gasteiger partial charge in [-0.3, -0.25) is 4.79 Å². The predicted molar refractivity (Wildman–Crippen MR) is 84.8 cm³/mol. The molecular weight excluding hydrogens is 284 g/mol. The molecular formula is C17H16O3S. The molecule has 0 atom stereocenters. The first kappa shape index (κ1) is 15.2. The fraction of sp³-hybridized carbons (Fsp3) is 0.176. The summed E-state index contributed by atoms with van der Waals surface area (Å²) in [4.78, 5) is 24.4. The molecule has 0 amide bonds. The molecule has 0 aliphatic rings. The standard InChI is InChI=1S/C17H16O3S/c1-11-6-12(2)8-13(7-11)16(18)10-14(17(19)20)9-15-4-3-5-21-15/h3-9H,10H2,1-2H3,(H,19,20). The van der Waals surface area contributed by atoms with Crippen molar-refractivity contribution in [2.24, 2.45) is 0 Å². The van der Waals surface area contributed by atoms with E-state index >= 15 is 0 Å². The highest BCUT2D eigenvalue weighted by molar-refractivity contribution is 7.10. The van der Waals surface area contributed by atoms with Gasteiger partial charge >= 0.3 is 5.97 Å². The number of ketones is 1. The van der Waals surface area contributed by atoms with Crippen LogP contribution in [0.5, 0.6) is 0 Å². The van der Waals surface area contributed by atoms with Crippen molar-refractivity contribution in [3.05, 3.63) is 62.9 Å². The summed E-state index contributed by atoms with van der Waals surface area (Å²) < 4.78 is 0. The number of aliphatic carboxylic acids is 1. The van der Waals surface area contributed by atoms with Crippen LogP contribution in [0.25, 0.3) is 6.08 Å². The van der Waals surface area contributed by atoms with E-state index in [0.717, 1.165) is 16.0 Å². The lowest BCUT2D eigenvalue weighted by atomic mass is 9.99. The van der Waals surface area contributed by atoms with Gasteiger partial charge in [-0.2, -0.15) is 0 Å². The van der Waals surface area contributed by atoms with Crippen molar-refractivity contribution in [1.29, 1.82) is 0 Å². The summed E-state index contributed by atoms with van der Waals surface area (Å²) in [5.74, 6) is -1.23. The molecule has 21 heavy (non-hydrogen) atoms. The minimum absolute atomic E-state index is 0.101. The van der Waals surface area contributed by atoms with Crippen molar-refractivity contribution >= 4 is 29.2 Å². The lowest BCUT2D eigenvalue weighted by Crippen LogP contribution is -2.08. The minimum Gasteiger partial charge on any atom is -0.478 e. The Labute approximate surface area is 127 Å².